The molecule has 0 unspecified atom stereocenters. The molecule has 0 bridgehead atoms. The predicted molar refractivity (Wildman–Crippen MR) is 102 cm³/mol. The smallest absolute Gasteiger partial charge is 0.253 e. The fourth-order valence-corrected chi connectivity index (χ4v) is 2.97. The summed E-state index contributed by atoms with van der Waals surface area (Å²) in [5.41, 5.74) is 1.71. The predicted octanol–water partition coefficient (Wildman–Crippen LogP) is 2.81. The van der Waals surface area contributed by atoms with Crippen LogP contribution in [0.2, 0.25) is 0 Å². The number of nitrogens with one attached hydrogen (secondary N) is 2. The molecule has 1 aliphatic rings. The standard InChI is InChI=1S/C20H31N3O2/c1-14(2)13-21-20(25)17-7-5-6-8-18(17)23-11-9-16(10-12-23)22-19(24)15(3)4/h5-8,14-16H,9-13H2,1-4H3,(H,21,25)(H,22,24). The Morgan fingerprint density at radius 1 is 1.12 bits per heavy atom. The van der Waals surface area contributed by atoms with E-state index in [0.717, 1.165) is 37.2 Å². The summed E-state index contributed by atoms with van der Waals surface area (Å²) in [6.07, 6.45) is 1.81. The third kappa shape index (κ3) is 5.48. The van der Waals surface area contributed by atoms with Gasteiger partial charge in [-0.2, -0.15) is 0 Å². The first-order valence-corrected chi connectivity index (χ1v) is 9.31. The number of nitrogens with zero attached hydrogens (tertiary/aromatic N) is 1. The Balaban J connectivity index is 1.99. The lowest BCUT2D eigenvalue weighted by molar-refractivity contribution is -0.124. The average Bonchev–Trinajstić information content (AvgIpc) is 2.60. The van der Waals surface area contributed by atoms with Crippen LogP contribution in [-0.4, -0.2) is 37.5 Å². The fraction of sp³-hybridized carbons (Fsp3) is 0.600. The van der Waals surface area contributed by atoms with E-state index in [1.807, 2.05) is 38.1 Å². The zero-order valence-electron chi connectivity index (χ0n) is 15.8. The van der Waals surface area contributed by atoms with Crippen molar-refractivity contribution in [3.8, 4) is 0 Å². The third-order valence-corrected chi connectivity index (χ3v) is 4.53. The Morgan fingerprint density at radius 2 is 1.76 bits per heavy atom. The molecule has 1 aromatic carbocycles. The highest BCUT2D eigenvalue weighted by atomic mass is 16.2. The molecular formula is C20H31N3O2. The molecule has 1 fully saturated rings. The zero-order valence-corrected chi connectivity index (χ0v) is 15.8. The van der Waals surface area contributed by atoms with E-state index in [2.05, 4.69) is 29.4 Å². The summed E-state index contributed by atoms with van der Waals surface area (Å²) in [4.78, 5) is 26.6. The van der Waals surface area contributed by atoms with Gasteiger partial charge in [0, 0.05) is 37.3 Å². The van der Waals surface area contributed by atoms with Crippen LogP contribution in [0.25, 0.3) is 0 Å². The van der Waals surface area contributed by atoms with Crippen molar-refractivity contribution in [1.82, 2.24) is 10.6 Å². The first kappa shape index (κ1) is 19.3. The number of benzene rings is 1. The summed E-state index contributed by atoms with van der Waals surface area (Å²) < 4.78 is 0. The van der Waals surface area contributed by atoms with Crippen LogP contribution in [-0.2, 0) is 4.79 Å². The van der Waals surface area contributed by atoms with Crippen LogP contribution in [0.4, 0.5) is 5.69 Å². The summed E-state index contributed by atoms with van der Waals surface area (Å²) in [6.45, 7) is 10.4. The van der Waals surface area contributed by atoms with Crippen molar-refractivity contribution in [3.05, 3.63) is 29.8 Å². The number of piperidine rings is 1. The SMILES string of the molecule is CC(C)CNC(=O)c1ccccc1N1CCC(NC(=O)C(C)C)CC1. The number of carbonyl (C=O) groups is 2. The van der Waals surface area contributed by atoms with Crippen molar-refractivity contribution in [2.45, 2.75) is 46.6 Å². The van der Waals surface area contributed by atoms with E-state index in [9.17, 15) is 9.59 Å². The zero-order chi connectivity index (χ0) is 18.4. The lowest BCUT2D eigenvalue weighted by Gasteiger charge is -2.35. The maximum absolute atomic E-state index is 12.5. The Morgan fingerprint density at radius 3 is 2.36 bits per heavy atom. The first-order valence-electron chi connectivity index (χ1n) is 9.31. The minimum Gasteiger partial charge on any atom is -0.371 e. The van der Waals surface area contributed by atoms with Gasteiger partial charge in [0.15, 0.2) is 0 Å². The van der Waals surface area contributed by atoms with E-state index in [-0.39, 0.29) is 23.8 Å². The number of hydrogen-bond donors (Lipinski definition) is 2. The van der Waals surface area contributed by atoms with E-state index in [4.69, 9.17) is 0 Å². The summed E-state index contributed by atoms with van der Waals surface area (Å²) in [5, 5.41) is 6.12. The summed E-state index contributed by atoms with van der Waals surface area (Å²) >= 11 is 0. The summed E-state index contributed by atoms with van der Waals surface area (Å²) in [5.74, 6) is 0.547. The molecule has 1 aromatic rings. The number of hydrogen-bond acceptors (Lipinski definition) is 3. The molecule has 1 heterocycles. The molecule has 138 valence electrons. The van der Waals surface area contributed by atoms with Gasteiger partial charge in [-0.25, -0.2) is 0 Å². The molecule has 2 N–H and O–H groups in total. The summed E-state index contributed by atoms with van der Waals surface area (Å²) in [7, 11) is 0. The molecule has 1 aliphatic heterocycles. The Labute approximate surface area is 151 Å². The lowest BCUT2D eigenvalue weighted by Crippen LogP contribution is -2.46. The van der Waals surface area contributed by atoms with E-state index >= 15 is 0 Å². The number of anilines is 1. The summed E-state index contributed by atoms with van der Waals surface area (Å²) in [6, 6.07) is 8.01. The molecular weight excluding hydrogens is 314 g/mol. The quantitative estimate of drug-likeness (QED) is 0.833. The van der Waals surface area contributed by atoms with Gasteiger partial charge in [-0.05, 0) is 30.9 Å². The van der Waals surface area contributed by atoms with E-state index in [1.54, 1.807) is 0 Å². The number of para-hydroxylation sites is 1. The molecule has 5 nitrogen and oxygen atoms in total. The van der Waals surface area contributed by atoms with Gasteiger partial charge in [0.25, 0.3) is 5.91 Å². The van der Waals surface area contributed by atoms with Gasteiger partial charge in [-0.3, -0.25) is 9.59 Å². The van der Waals surface area contributed by atoms with Gasteiger partial charge < -0.3 is 15.5 Å². The van der Waals surface area contributed by atoms with E-state index < -0.39 is 0 Å². The maximum atomic E-state index is 12.5. The maximum Gasteiger partial charge on any atom is 0.253 e. The van der Waals surface area contributed by atoms with Crippen molar-refractivity contribution < 1.29 is 9.59 Å². The highest BCUT2D eigenvalue weighted by Crippen LogP contribution is 2.24. The fourth-order valence-electron chi connectivity index (χ4n) is 2.97. The van der Waals surface area contributed by atoms with Gasteiger partial charge in [-0.15, -0.1) is 0 Å². The van der Waals surface area contributed by atoms with Crippen molar-refractivity contribution in [3.63, 3.8) is 0 Å². The van der Waals surface area contributed by atoms with Crippen LogP contribution in [0.1, 0.15) is 50.9 Å². The molecule has 0 atom stereocenters. The Hall–Kier alpha value is -2.04. The molecule has 0 aliphatic carbocycles. The van der Waals surface area contributed by atoms with Crippen LogP contribution in [0, 0.1) is 11.8 Å². The second-order valence-electron chi connectivity index (χ2n) is 7.55. The minimum absolute atomic E-state index is 0.0143. The highest BCUT2D eigenvalue weighted by molar-refractivity contribution is 5.99. The van der Waals surface area contributed by atoms with Gasteiger partial charge in [0.1, 0.15) is 0 Å². The van der Waals surface area contributed by atoms with Gasteiger partial charge >= 0.3 is 0 Å². The van der Waals surface area contributed by atoms with E-state index in [0.29, 0.717) is 12.5 Å². The molecule has 2 amide bonds. The molecule has 1 saturated heterocycles. The molecule has 5 heteroatoms. The van der Waals surface area contributed by atoms with Crippen LogP contribution >= 0.6 is 0 Å². The minimum atomic E-state index is -0.0143. The van der Waals surface area contributed by atoms with Crippen LogP contribution < -0.4 is 15.5 Å². The molecule has 0 radical (unpaired) electrons. The first-order chi connectivity index (χ1) is 11.9. The van der Waals surface area contributed by atoms with Crippen LogP contribution in [0.15, 0.2) is 24.3 Å². The van der Waals surface area contributed by atoms with Crippen LogP contribution in [0.3, 0.4) is 0 Å². The van der Waals surface area contributed by atoms with Crippen LogP contribution in [0.5, 0.6) is 0 Å². The van der Waals surface area contributed by atoms with Crippen molar-refractivity contribution in [2.24, 2.45) is 11.8 Å². The van der Waals surface area contributed by atoms with Gasteiger partial charge in [0.05, 0.1) is 5.56 Å². The third-order valence-electron chi connectivity index (χ3n) is 4.53. The number of carbonyl (C=O) groups excluding carboxylic acids is 2. The van der Waals surface area contributed by atoms with Gasteiger partial charge in [-0.1, -0.05) is 39.8 Å². The Kier molecular flexibility index (Phi) is 6.85. The monoisotopic (exact) mass is 345 g/mol. The number of rotatable bonds is 6. The van der Waals surface area contributed by atoms with Crippen molar-refractivity contribution in [1.29, 1.82) is 0 Å². The Bertz CT molecular complexity index is 590. The number of amides is 2. The average molecular weight is 345 g/mol. The molecule has 0 spiro atoms. The van der Waals surface area contributed by atoms with Gasteiger partial charge in [0.2, 0.25) is 5.91 Å². The van der Waals surface area contributed by atoms with Crippen molar-refractivity contribution in [2.75, 3.05) is 24.5 Å². The van der Waals surface area contributed by atoms with Crippen molar-refractivity contribution >= 4 is 17.5 Å². The molecule has 2 rings (SSSR count). The lowest BCUT2D eigenvalue weighted by atomic mass is 10.0. The molecule has 0 aromatic heterocycles. The second kappa shape index (κ2) is 8.88. The topological polar surface area (TPSA) is 61.4 Å². The molecule has 0 saturated carbocycles. The second-order valence-corrected chi connectivity index (χ2v) is 7.55. The van der Waals surface area contributed by atoms with E-state index in [1.165, 1.54) is 0 Å². The molecule has 25 heavy (non-hydrogen) atoms. The largest absolute Gasteiger partial charge is 0.371 e. The normalized spacial score (nSPS) is 15.5. The highest BCUT2D eigenvalue weighted by Gasteiger charge is 2.24.